The summed E-state index contributed by atoms with van der Waals surface area (Å²) in [4.78, 5) is 11.1. The van der Waals surface area contributed by atoms with Crippen LogP contribution >= 0.6 is 0 Å². The molecule has 0 aliphatic carbocycles. The molecule has 0 rings (SSSR count). The van der Waals surface area contributed by atoms with Crippen molar-refractivity contribution in [2.75, 3.05) is 19.8 Å². The van der Waals surface area contributed by atoms with Crippen molar-refractivity contribution < 1.29 is 32.2 Å². The third-order valence-electron chi connectivity index (χ3n) is 2.03. The molecule has 0 fully saturated rings. The Morgan fingerprint density at radius 3 is 2.00 bits per heavy atom. The van der Waals surface area contributed by atoms with Crippen molar-refractivity contribution >= 4 is 5.97 Å². The van der Waals surface area contributed by atoms with E-state index in [0.29, 0.717) is 6.08 Å². The van der Waals surface area contributed by atoms with Crippen molar-refractivity contribution in [2.45, 2.75) is 39.7 Å². The number of hydrogen-bond donors (Lipinski definition) is 0. The molecular formula is C12H19F3O4. The molecule has 0 radical (unpaired) electrons. The van der Waals surface area contributed by atoms with Crippen molar-refractivity contribution in [1.29, 1.82) is 0 Å². The summed E-state index contributed by atoms with van der Waals surface area (Å²) in [5.41, 5.74) is -1.03. The molecule has 0 saturated heterocycles. The smallest absolute Gasteiger partial charge is 0.413 e. The van der Waals surface area contributed by atoms with Crippen molar-refractivity contribution in [3.8, 4) is 0 Å². The predicted molar refractivity (Wildman–Crippen MR) is 62.4 cm³/mol. The maximum absolute atomic E-state index is 12.8. The predicted octanol–water partition coefficient (Wildman–Crippen LogP) is 2.83. The van der Waals surface area contributed by atoms with Gasteiger partial charge in [0, 0.05) is 31.3 Å². The number of alkyl halides is 3. The van der Waals surface area contributed by atoms with Gasteiger partial charge in [-0.1, -0.05) is 0 Å². The van der Waals surface area contributed by atoms with Crippen molar-refractivity contribution in [2.24, 2.45) is 0 Å². The van der Waals surface area contributed by atoms with E-state index in [4.69, 9.17) is 9.47 Å². The zero-order valence-electron chi connectivity index (χ0n) is 11.3. The molecule has 0 aromatic rings. The van der Waals surface area contributed by atoms with Crippen LogP contribution in [0.5, 0.6) is 0 Å². The van der Waals surface area contributed by atoms with Crippen LogP contribution in [0.15, 0.2) is 11.6 Å². The zero-order valence-corrected chi connectivity index (χ0v) is 11.3. The van der Waals surface area contributed by atoms with E-state index in [2.05, 4.69) is 4.74 Å². The van der Waals surface area contributed by atoms with Gasteiger partial charge in [-0.25, -0.2) is 4.79 Å². The van der Waals surface area contributed by atoms with Crippen LogP contribution in [0.1, 0.15) is 27.2 Å². The zero-order chi connectivity index (χ0) is 14.9. The van der Waals surface area contributed by atoms with Gasteiger partial charge in [0.25, 0.3) is 0 Å². The second-order valence-corrected chi connectivity index (χ2v) is 3.46. The van der Waals surface area contributed by atoms with Crippen LogP contribution < -0.4 is 0 Å². The van der Waals surface area contributed by atoms with Crippen LogP contribution in [0, 0.1) is 0 Å². The first kappa shape index (κ1) is 17.9. The summed E-state index contributed by atoms with van der Waals surface area (Å²) in [5.74, 6) is -1.03. The van der Waals surface area contributed by atoms with E-state index in [1.807, 2.05) is 0 Å². The van der Waals surface area contributed by atoms with Gasteiger partial charge in [-0.15, -0.1) is 0 Å². The Hall–Kier alpha value is -1.08. The lowest BCUT2D eigenvalue weighted by Crippen LogP contribution is -2.24. The minimum Gasteiger partial charge on any atom is -0.463 e. The molecule has 0 aromatic heterocycles. The normalized spacial score (nSPS) is 12.9. The fraction of sp³-hybridized carbons (Fsp3) is 0.750. The fourth-order valence-corrected chi connectivity index (χ4v) is 1.30. The molecule has 4 nitrogen and oxygen atoms in total. The average molecular weight is 284 g/mol. The summed E-state index contributed by atoms with van der Waals surface area (Å²) in [7, 11) is 0. The largest absolute Gasteiger partial charge is 0.463 e. The second kappa shape index (κ2) is 8.92. The van der Waals surface area contributed by atoms with E-state index in [-0.39, 0.29) is 19.8 Å². The quantitative estimate of drug-likeness (QED) is 0.390. The highest BCUT2D eigenvalue weighted by atomic mass is 19.4. The Bertz CT molecular complexity index is 294. The molecule has 19 heavy (non-hydrogen) atoms. The number of rotatable bonds is 8. The van der Waals surface area contributed by atoms with Crippen LogP contribution in [0.3, 0.4) is 0 Å². The van der Waals surface area contributed by atoms with Crippen molar-refractivity contribution in [3.05, 3.63) is 11.6 Å². The van der Waals surface area contributed by atoms with E-state index in [1.165, 1.54) is 6.92 Å². The lowest BCUT2D eigenvalue weighted by Gasteiger charge is -2.20. The van der Waals surface area contributed by atoms with E-state index < -0.39 is 30.4 Å². The molecule has 0 saturated carbocycles. The lowest BCUT2D eigenvalue weighted by molar-refractivity contribution is -0.152. The fourth-order valence-electron chi connectivity index (χ4n) is 1.30. The number of halogens is 3. The van der Waals surface area contributed by atoms with Gasteiger partial charge in [0.1, 0.15) is 0 Å². The highest BCUT2D eigenvalue weighted by Crippen LogP contribution is 2.30. The van der Waals surface area contributed by atoms with Gasteiger partial charge in [-0.3, -0.25) is 0 Å². The summed E-state index contributed by atoms with van der Waals surface area (Å²) in [5, 5.41) is 0. The number of ether oxygens (including phenoxy) is 3. The highest BCUT2D eigenvalue weighted by Gasteiger charge is 2.36. The molecule has 7 heteroatoms. The molecule has 0 amide bonds. The summed E-state index contributed by atoms with van der Waals surface area (Å²) < 4.78 is 52.9. The first-order valence-corrected chi connectivity index (χ1v) is 6.02. The van der Waals surface area contributed by atoms with E-state index in [1.54, 1.807) is 13.8 Å². The number of carbonyl (C=O) groups excluding carboxylic acids is 1. The Kier molecular flexibility index (Phi) is 8.42. The highest BCUT2D eigenvalue weighted by molar-refractivity contribution is 5.83. The monoisotopic (exact) mass is 284 g/mol. The lowest BCUT2D eigenvalue weighted by atomic mass is 10.1. The average Bonchev–Trinajstić information content (AvgIpc) is 2.27. The number of esters is 1. The molecule has 0 spiro atoms. The summed E-state index contributed by atoms with van der Waals surface area (Å²) >= 11 is 0. The number of carbonyl (C=O) groups is 1. The molecule has 0 unspecified atom stereocenters. The topological polar surface area (TPSA) is 44.8 Å². The Morgan fingerprint density at radius 2 is 1.63 bits per heavy atom. The second-order valence-electron chi connectivity index (χ2n) is 3.46. The minimum absolute atomic E-state index is 0.0147. The molecule has 0 atom stereocenters. The van der Waals surface area contributed by atoms with Gasteiger partial charge in [-0.05, 0) is 20.8 Å². The van der Waals surface area contributed by atoms with E-state index in [9.17, 15) is 18.0 Å². The van der Waals surface area contributed by atoms with Crippen LogP contribution in [-0.4, -0.2) is 38.3 Å². The maximum atomic E-state index is 12.8. The standard InChI is InChI=1S/C12H19F3O4/c1-4-17-10(16)7-9(12(13,14)15)8-11(18-5-2)19-6-3/h7,11H,4-6,8H2,1-3H3/b9-7+. The van der Waals surface area contributed by atoms with E-state index in [0.717, 1.165) is 0 Å². The maximum Gasteiger partial charge on any atom is 0.413 e. The Balaban J connectivity index is 4.89. The third kappa shape index (κ3) is 7.84. The van der Waals surface area contributed by atoms with Gasteiger partial charge >= 0.3 is 12.1 Å². The van der Waals surface area contributed by atoms with Gasteiger partial charge in [0.2, 0.25) is 0 Å². The van der Waals surface area contributed by atoms with Gasteiger partial charge in [0.15, 0.2) is 6.29 Å². The molecule has 112 valence electrons. The van der Waals surface area contributed by atoms with Crippen LogP contribution in [0.25, 0.3) is 0 Å². The molecule has 0 heterocycles. The van der Waals surface area contributed by atoms with Crippen LogP contribution in [-0.2, 0) is 19.0 Å². The summed E-state index contributed by atoms with van der Waals surface area (Å²) in [6.07, 6.45) is -5.77. The van der Waals surface area contributed by atoms with Gasteiger partial charge in [-0.2, -0.15) is 13.2 Å². The minimum atomic E-state index is -4.63. The molecular weight excluding hydrogens is 265 g/mol. The molecule has 0 bridgehead atoms. The van der Waals surface area contributed by atoms with Gasteiger partial charge in [0.05, 0.1) is 6.61 Å². The van der Waals surface area contributed by atoms with Crippen LogP contribution in [0.4, 0.5) is 13.2 Å². The first-order valence-electron chi connectivity index (χ1n) is 6.02. The Labute approximate surface area is 110 Å². The summed E-state index contributed by atoms with van der Waals surface area (Å²) in [6.45, 7) is 5.26. The van der Waals surface area contributed by atoms with E-state index >= 15 is 0 Å². The van der Waals surface area contributed by atoms with Gasteiger partial charge < -0.3 is 14.2 Å². The SMILES string of the molecule is CCOC(=O)/C=C(\CC(OCC)OCC)C(F)(F)F. The van der Waals surface area contributed by atoms with Crippen LogP contribution in [0.2, 0.25) is 0 Å². The Morgan fingerprint density at radius 1 is 1.11 bits per heavy atom. The molecule has 0 N–H and O–H groups in total. The van der Waals surface area contributed by atoms with Crippen molar-refractivity contribution in [1.82, 2.24) is 0 Å². The van der Waals surface area contributed by atoms with Crippen molar-refractivity contribution in [3.63, 3.8) is 0 Å². The molecule has 0 aromatic carbocycles. The molecule has 0 aliphatic rings. The number of hydrogen-bond acceptors (Lipinski definition) is 4. The third-order valence-corrected chi connectivity index (χ3v) is 2.03. The first-order chi connectivity index (χ1) is 8.85. The summed E-state index contributed by atoms with van der Waals surface area (Å²) in [6, 6.07) is 0. The molecule has 0 aliphatic heterocycles.